The minimum absolute atomic E-state index is 0.00867. The Labute approximate surface area is 142 Å². The molecule has 0 bridgehead atoms. The van der Waals surface area contributed by atoms with Gasteiger partial charge in [-0.2, -0.15) is 0 Å². The van der Waals surface area contributed by atoms with Crippen LogP contribution in [0, 0.1) is 6.92 Å². The quantitative estimate of drug-likeness (QED) is 0.936. The van der Waals surface area contributed by atoms with Crippen LogP contribution in [0.5, 0.6) is 0 Å². The zero-order chi connectivity index (χ0) is 16.8. The number of pyridine rings is 1. The molecule has 1 aliphatic heterocycles. The van der Waals surface area contributed by atoms with Crippen molar-refractivity contribution >= 4 is 11.7 Å². The van der Waals surface area contributed by atoms with Crippen molar-refractivity contribution in [1.82, 2.24) is 19.9 Å². The Balaban J connectivity index is 1.72. The molecule has 3 heterocycles. The zero-order valence-corrected chi connectivity index (χ0v) is 14.0. The zero-order valence-electron chi connectivity index (χ0n) is 14.0. The van der Waals surface area contributed by atoms with Gasteiger partial charge in [-0.3, -0.25) is 9.78 Å². The van der Waals surface area contributed by atoms with Crippen molar-refractivity contribution in [1.29, 1.82) is 0 Å². The van der Waals surface area contributed by atoms with Gasteiger partial charge < -0.3 is 10.2 Å². The molecule has 0 saturated carbocycles. The molecule has 0 aromatic carbocycles. The molecule has 24 heavy (non-hydrogen) atoms. The summed E-state index contributed by atoms with van der Waals surface area (Å²) in [5.74, 6) is 1.29. The number of hydrogen-bond donors (Lipinski definition) is 1. The van der Waals surface area contributed by atoms with Crippen LogP contribution in [-0.4, -0.2) is 38.8 Å². The SMILES string of the molecule is Cc1nc(NCc2ccncc2)cc(C(=O)N2CCCCCC2)n1. The Morgan fingerprint density at radius 2 is 1.83 bits per heavy atom. The number of likely N-dealkylation sites (tertiary alicyclic amines) is 1. The number of aryl methyl sites for hydroxylation is 1. The number of rotatable bonds is 4. The average Bonchev–Trinajstić information content (AvgIpc) is 2.89. The van der Waals surface area contributed by atoms with Crippen LogP contribution >= 0.6 is 0 Å². The lowest BCUT2D eigenvalue weighted by Gasteiger charge is -2.20. The number of aromatic nitrogens is 3. The molecule has 2 aromatic heterocycles. The van der Waals surface area contributed by atoms with Gasteiger partial charge in [0, 0.05) is 38.1 Å². The third-order valence-corrected chi connectivity index (χ3v) is 4.17. The van der Waals surface area contributed by atoms with Gasteiger partial charge in [-0.1, -0.05) is 12.8 Å². The van der Waals surface area contributed by atoms with Crippen LogP contribution in [0.1, 0.15) is 47.6 Å². The lowest BCUT2D eigenvalue weighted by atomic mass is 10.2. The molecule has 126 valence electrons. The molecule has 6 nitrogen and oxygen atoms in total. The maximum atomic E-state index is 12.7. The highest BCUT2D eigenvalue weighted by molar-refractivity contribution is 5.93. The van der Waals surface area contributed by atoms with E-state index < -0.39 is 0 Å². The van der Waals surface area contributed by atoms with E-state index in [0.29, 0.717) is 23.9 Å². The minimum Gasteiger partial charge on any atom is -0.366 e. The normalized spacial score (nSPS) is 15.0. The first-order valence-electron chi connectivity index (χ1n) is 8.50. The van der Waals surface area contributed by atoms with E-state index in [1.54, 1.807) is 18.5 Å². The minimum atomic E-state index is 0.00867. The predicted molar refractivity (Wildman–Crippen MR) is 92.7 cm³/mol. The van der Waals surface area contributed by atoms with Crippen LogP contribution in [0.4, 0.5) is 5.82 Å². The van der Waals surface area contributed by atoms with E-state index in [2.05, 4.69) is 20.3 Å². The lowest BCUT2D eigenvalue weighted by molar-refractivity contribution is 0.0755. The molecular formula is C18H23N5O. The topological polar surface area (TPSA) is 71.0 Å². The fourth-order valence-corrected chi connectivity index (χ4v) is 2.90. The van der Waals surface area contributed by atoms with Crippen LogP contribution in [0.15, 0.2) is 30.6 Å². The lowest BCUT2D eigenvalue weighted by Crippen LogP contribution is -2.32. The summed E-state index contributed by atoms with van der Waals surface area (Å²) in [6.07, 6.45) is 8.07. The van der Waals surface area contributed by atoms with E-state index in [0.717, 1.165) is 31.5 Å². The van der Waals surface area contributed by atoms with Crippen molar-refractivity contribution in [2.75, 3.05) is 18.4 Å². The first-order valence-corrected chi connectivity index (χ1v) is 8.50. The third-order valence-electron chi connectivity index (χ3n) is 4.17. The summed E-state index contributed by atoms with van der Waals surface area (Å²) in [4.78, 5) is 27.4. The summed E-state index contributed by atoms with van der Waals surface area (Å²) < 4.78 is 0. The second-order valence-electron chi connectivity index (χ2n) is 6.10. The smallest absolute Gasteiger partial charge is 0.272 e. The van der Waals surface area contributed by atoms with Gasteiger partial charge in [-0.15, -0.1) is 0 Å². The monoisotopic (exact) mass is 325 g/mol. The van der Waals surface area contributed by atoms with Crippen LogP contribution < -0.4 is 5.32 Å². The summed E-state index contributed by atoms with van der Waals surface area (Å²) in [6.45, 7) is 4.09. The highest BCUT2D eigenvalue weighted by Gasteiger charge is 2.19. The van der Waals surface area contributed by atoms with Gasteiger partial charge >= 0.3 is 0 Å². The summed E-state index contributed by atoms with van der Waals surface area (Å²) in [5, 5.41) is 3.26. The number of carbonyl (C=O) groups excluding carboxylic acids is 1. The number of carbonyl (C=O) groups is 1. The van der Waals surface area contributed by atoms with Gasteiger partial charge in [0.05, 0.1) is 0 Å². The molecule has 0 aliphatic carbocycles. The molecule has 0 radical (unpaired) electrons. The van der Waals surface area contributed by atoms with Gasteiger partial charge in [0.1, 0.15) is 17.3 Å². The van der Waals surface area contributed by atoms with E-state index in [1.807, 2.05) is 24.0 Å². The van der Waals surface area contributed by atoms with Crippen molar-refractivity contribution in [3.05, 3.63) is 47.7 Å². The molecule has 1 N–H and O–H groups in total. The Kier molecular flexibility index (Phi) is 5.36. The van der Waals surface area contributed by atoms with Gasteiger partial charge in [0.2, 0.25) is 0 Å². The van der Waals surface area contributed by atoms with Crippen LogP contribution in [0.2, 0.25) is 0 Å². The number of hydrogen-bond acceptors (Lipinski definition) is 5. The summed E-state index contributed by atoms with van der Waals surface area (Å²) in [6, 6.07) is 5.65. The van der Waals surface area contributed by atoms with Crippen LogP contribution in [0.3, 0.4) is 0 Å². The second kappa shape index (κ2) is 7.86. The van der Waals surface area contributed by atoms with Crippen LogP contribution in [0.25, 0.3) is 0 Å². The first-order chi connectivity index (χ1) is 11.7. The maximum absolute atomic E-state index is 12.7. The van der Waals surface area contributed by atoms with Crippen molar-refractivity contribution in [3.8, 4) is 0 Å². The molecule has 1 fully saturated rings. The number of nitrogens with zero attached hydrogens (tertiary/aromatic N) is 4. The van der Waals surface area contributed by atoms with Gasteiger partial charge in [-0.25, -0.2) is 9.97 Å². The average molecular weight is 325 g/mol. The molecule has 1 amide bonds. The molecule has 0 atom stereocenters. The van der Waals surface area contributed by atoms with Crippen LogP contribution in [-0.2, 0) is 6.54 Å². The Hall–Kier alpha value is -2.50. The first kappa shape index (κ1) is 16.4. The summed E-state index contributed by atoms with van der Waals surface area (Å²) in [7, 11) is 0. The largest absolute Gasteiger partial charge is 0.366 e. The summed E-state index contributed by atoms with van der Waals surface area (Å²) >= 11 is 0. The molecule has 1 saturated heterocycles. The van der Waals surface area contributed by atoms with Crippen molar-refractivity contribution in [3.63, 3.8) is 0 Å². The number of nitrogens with one attached hydrogen (secondary N) is 1. The third kappa shape index (κ3) is 4.28. The van der Waals surface area contributed by atoms with Crippen molar-refractivity contribution in [2.45, 2.75) is 39.2 Å². The van der Waals surface area contributed by atoms with E-state index >= 15 is 0 Å². The molecule has 3 rings (SSSR count). The summed E-state index contributed by atoms with van der Waals surface area (Å²) in [5.41, 5.74) is 1.59. The molecule has 0 unspecified atom stereocenters. The van der Waals surface area contributed by atoms with E-state index in [4.69, 9.17) is 0 Å². The van der Waals surface area contributed by atoms with E-state index in [1.165, 1.54) is 12.8 Å². The van der Waals surface area contributed by atoms with Gasteiger partial charge in [0.15, 0.2) is 0 Å². The molecule has 1 aliphatic rings. The number of amides is 1. The second-order valence-corrected chi connectivity index (χ2v) is 6.10. The van der Waals surface area contributed by atoms with E-state index in [-0.39, 0.29) is 5.91 Å². The molecule has 6 heteroatoms. The molecular weight excluding hydrogens is 302 g/mol. The van der Waals surface area contributed by atoms with Gasteiger partial charge in [-0.05, 0) is 37.5 Å². The fraction of sp³-hybridized carbons (Fsp3) is 0.444. The standard InChI is InChI=1S/C18H23N5O/c1-14-21-16(18(24)23-10-4-2-3-5-11-23)12-17(22-14)20-13-15-6-8-19-9-7-15/h6-9,12H,2-5,10-11,13H2,1H3,(H,20,21,22). The number of anilines is 1. The highest BCUT2D eigenvalue weighted by Crippen LogP contribution is 2.15. The van der Waals surface area contributed by atoms with E-state index in [9.17, 15) is 4.79 Å². The maximum Gasteiger partial charge on any atom is 0.272 e. The highest BCUT2D eigenvalue weighted by atomic mass is 16.2. The predicted octanol–water partition coefficient (Wildman–Crippen LogP) is 2.81. The Morgan fingerprint density at radius 1 is 1.12 bits per heavy atom. The van der Waals surface area contributed by atoms with Crippen molar-refractivity contribution in [2.24, 2.45) is 0 Å². The van der Waals surface area contributed by atoms with Crippen molar-refractivity contribution < 1.29 is 4.79 Å². The Morgan fingerprint density at radius 3 is 2.54 bits per heavy atom. The Bertz CT molecular complexity index is 681. The van der Waals surface area contributed by atoms with Gasteiger partial charge in [0.25, 0.3) is 5.91 Å². The molecule has 2 aromatic rings. The fourth-order valence-electron chi connectivity index (χ4n) is 2.90. The molecule has 0 spiro atoms.